The Hall–Kier alpha value is -3.51. The van der Waals surface area contributed by atoms with Gasteiger partial charge in [-0.2, -0.15) is 0 Å². The van der Waals surface area contributed by atoms with E-state index in [0.29, 0.717) is 32.0 Å². The molecule has 206 valence electrons. The largest absolute Gasteiger partial charge is 0.466 e. The van der Waals surface area contributed by atoms with Crippen LogP contribution in [-0.4, -0.2) is 24.1 Å². The van der Waals surface area contributed by atoms with Crippen molar-refractivity contribution in [3.63, 3.8) is 0 Å². The summed E-state index contributed by atoms with van der Waals surface area (Å²) in [4.78, 5) is 20.7. The summed E-state index contributed by atoms with van der Waals surface area (Å²) in [6, 6.07) is 25.1. The third kappa shape index (κ3) is 8.75. The molecule has 0 aliphatic rings. The van der Waals surface area contributed by atoms with Crippen LogP contribution < -0.4 is 4.90 Å². The molecule has 6 heteroatoms. The molecule has 4 rings (SSSR count). The summed E-state index contributed by atoms with van der Waals surface area (Å²) in [6.07, 6.45) is 1.23. The summed E-state index contributed by atoms with van der Waals surface area (Å²) in [5.41, 5.74) is 5.20. The van der Waals surface area contributed by atoms with Crippen LogP contribution in [0.2, 0.25) is 0 Å². The van der Waals surface area contributed by atoms with Gasteiger partial charge in [-0.3, -0.25) is 4.79 Å². The van der Waals surface area contributed by atoms with Gasteiger partial charge in [0.05, 0.1) is 18.7 Å². The zero-order chi connectivity index (χ0) is 28.2. The van der Waals surface area contributed by atoms with Crippen molar-refractivity contribution in [3.8, 4) is 22.4 Å². The molecule has 0 spiro atoms. The Morgan fingerprint density at radius 2 is 1.51 bits per heavy atom. The molecule has 1 aromatic heterocycles. The summed E-state index contributed by atoms with van der Waals surface area (Å²) in [7, 11) is 0. The maximum atomic E-state index is 13.3. The molecule has 0 unspecified atom stereocenters. The van der Waals surface area contributed by atoms with Gasteiger partial charge < -0.3 is 9.64 Å². The third-order valence-electron chi connectivity index (χ3n) is 5.99. The van der Waals surface area contributed by atoms with E-state index in [-0.39, 0.29) is 11.8 Å². The smallest absolute Gasteiger partial charge is 0.307 e. The van der Waals surface area contributed by atoms with Crippen LogP contribution in [0.5, 0.6) is 0 Å². The monoisotopic (exact) mass is 546 g/mol. The van der Waals surface area contributed by atoms with Gasteiger partial charge in [-0.25, -0.2) is 9.37 Å². The molecule has 3 aromatic carbocycles. The van der Waals surface area contributed by atoms with Crippen molar-refractivity contribution in [1.29, 1.82) is 0 Å². The SMILES string of the molecule is CC.CCOC(=O)CCN(Cc1ccccc1)c1nc(-c2ccc(-c3ccc(F)cc3)cc2)c(CC(C)C)s1. The normalized spacial score (nSPS) is 10.6. The van der Waals surface area contributed by atoms with E-state index in [0.717, 1.165) is 39.5 Å². The van der Waals surface area contributed by atoms with Gasteiger partial charge in [0.1, 0.15) is 5.82 Å². The van der Waals surface area contributed by atoms with E-state index in [1.807, 2.05) is 39.0 Å². The molecular formula is C33H39FN2O2S. The van der Waals surface area contributed by atoms with E-state index in [1.54, 1.807) is 23.5 Å². The van der Waals surface area contributed by atoms with Gasteiger partial charge in [-0.15, -0.1) is 11.3 Å². The van der Waals surface area contributed by atoms with Gasteiger partial charge in [0.15, 0.2) is 5.13 Å². The summed E-state index contributed by atoms with van der Waals surface area (Å²) < 4.78 is 18.5. The second-order valence-corrected chi connectivity index (χ2v) is 10.5. The molecule has 0 saturated carbocycles. The van der Waals surface area contributed by atoms with Crippen LogP contribution in [0.1, 0.15) is 51.5 Å². The van der Waals surface area contributed by atoms with E-state index in [4.69, 9.17) is 9.72 Å². The highest BCUT2D eigenvalue weighted by atomic mass is 32.1. The topological polar surface area (TPSA) is 42.4 Å². The summed E-state index contributed by atoms with van der Waals surface area (Å²) in [6.45, 7) is 11.8. The van der Waals surface area contributed by atoms with Gasteiger partial charge in [0.2, 0.25) is 0 Å². The van der Waals surface area contributed by atoms with Gasteiger partial charge in [-0.05, 0) is 48.1 Å². The number of carbonyl (C=O) groups is 1. The van der Waals surface area contributed by atoms with Crippen LogP contribution in [0.15, 0.2) is 78.9 Å². The fourth-order valence-electron chi connectivity index (χ4n) is 4.18. The number of hydrogen-bond donors (Lipinski definition) is 0. The Morgan fingerprint density at radius 3 is 2.10 bits per heavy atom. The summed E-state index contributed by atoms with van der Waals surface area (Å²) >= 11 is 1.70. The molecule has 4 aromatic rings. The van der Waals surface area contributed by atoms with E-state index in [1.165, 1.54) is 17.0 Å². The number of aromatic nitrogens is 1. The van der Waals surface area contributed by atoms with Gasteiger partial charge in [0.25, 0.3) is 0 Å². The lowest BCUT2D eigenvalue weighted by atomic mass is 10.0. The van der Waals surface area contributed by atoms with Crippen molar-refractivity contribution in [1.82, 2.24) is 4.98 Å². The zero-order valence-electron chi connectivity index (χ0n) is 23.6. The van der Waals surface area contributed by atoms with Crippen molar-refractivity contribution in [3.05, 3.63) is 95.1 Å². The Kier molecular flexibility index (Phi) is 11.7. The number of carbonyl (C=O) groups excluding carboxylic acids is 1. The van der Waals surface area contributed by atoms with Crippen LogP contribution in [-0.2, 0) is 22.5 Å². The molecule has 0 N–H and O–H groups in total. The number of benzene rings is 3. The fourth-order valence-corrected chi connectivity index (χ4v) is 5.50. The van der Waals surface area contributed by atoms with Crippen molar-refractivity contribution < 1.29 is 13.9 Å². The van der Waals surface area contributed by atoms with Crippen LogP contribution in [0.3, 0.4) is 0 Å². The molecule has 0 fully saturated rings. The third-order valence-corrected chi connectivity index (χ3v) is 7.13. The number of anilines is 1. The van der Waals surface area contributed by atoms with E-state index in [9.17, 15) is 9.18 Å². The van der Waals surface area contributed by atoms with Gasteiger partial charge in [-0.1, -0.05) is 94.4 Å². The molecule has 0 saturated heterocycles. The second kappa shape index (κ2) is 15.2. The Morgan fingerprint density at radius 1 is 0.923 bits per heavy atom. The number of thiazole rings is 1. The van der Waals surface area contributed by atoms with Crippen LogP contribution in [0.25, 0.3) is 22.4 Å². The fraction of sp³-hybridized carbons (Fsp3) is 0.333. The number of ether oxygens (including phenoxy) is 1. The molecule has 39 heavy (non-hydrogen) atoms. The lowest BCUT2D eigenvalue weighted by molar-refractivity contribution is -0.142. The molecule has 0 amide bonds. The van der Waals surface area contributed by atoms with Gasteiger partial charge >= 0.3 is 5.97 Å². The number of rotatable bonds is 11. The standard InChI is InChI=1S/C31H33FN2O2S.C2H6/c1-4-36-29(35)18-19-34(21-23-8-6-5-7-9-23)31-33-30(28(37-31)20-22(2)3)26-12-10-24(11-13-26)25-14-16-27(32)17-15-25;1-2/h5-17,22H,4,18-21H2,1-3H3;1-2H3. The molecule has 0 atom stereocenters. The second-order valence-electron chi connectivity index (χ2n) is 9.41. The van der Waals surface area contributed by atoms with Crippen LogP contribution >= 0.6 is 11.3 Å². The molecule has 0 aliphatic carbocycles. The first-order valence-electron chi connectivity index (χ1n) is 13.7. The van der Waals surface area contributed by atoms with Crippen LogP contribution in [0, 0.1) is 11.7 Å². The minimum atomic E-state index is -0.239. The molecule has 1 heterocycles. The van der Waals surface area contributed by atoms with E-state index < -0.39 is 0 Å². The number of nitrogens with zero attached hydrogens (tertiary/aromatic N) is 2. The highest BCUT2D eigenvalue weighted by Gasteiger charge is 2.20. The predicted octanol–water partition coefficient (Wildman–Crippen LogP) is 8.80. The number of halogens is 1. The molecular weight excluding hydrogens is 507 g/mol. The molecule has 0 bridgehead atoms. The van der Waals surface area contributed by atoms with Crippen molar-refractivity contribution in [2.75, 3.05) is 18.1 Å². The highest BCUT2D eigenvalue weighted by Crippen LogP contribution is 2.36. The van der Waals surface area contributed by atoms with Gasteiger partial charge in [0, 0.05) is 23.5 Å². The predicted molar refractivity (Wildman–Crippen MR) is 162 cm³/mol. The zero-order valence-corrected chi connectivity index (χ0v) is 24.4. The van der Waals surface area contributed by atoms with Crippen molar-refractivity contribution in [2.24, 2.45) is 5.92 Å². The minimum absolute atomic E-state index is 0.198. The lowest BCUT2D eigenvalue weighted by Gasteiger charge is -2.21. The Bertz CT molecular complexity index is 1290. The summed E-state index contributed by atoms with van der Waals surface area (Å²) in [5, 5.41) is 0.904. The Labute approximate surface area is 236 Å². The van der Waals surface area contributed by atoms with E-state index in [2.05, 4.69) is 55.1 Å². The molecule has 0 radical (unpaired) electrons. The van der Waals surface area contributed by atoms with E-state index >= 15 is 0 Å². The average Bonchev–Trinajstić information content (AvgIpc) is 3.36. The highest BCUT2D eigenvalue weighted by molar-refractivity contribution is 7.16. The first-order chi connectivity index (χ1) is 18.9. The first kappa shape index (κ1) is 30.0. The quantitative estimate of drug-likeness (QED) is 0.176. The number of hydrogen-bond acceptors (Lipinski definition) is 5. The Balaban J connectivity index is 0.00000205. The number of esters is 1. The minimum Gasteiger partial charge on any atom is -0.466 e. The maximum Gasteiger partial charge on any atom is 0.307 e. The molecule has 0 aliphatic heterocycles. The van der Waals surface area contributed by atoms with Crippen molar-refractivity contribution >= 4 is 22.4 Å². The average molecular weight is 547 g/mol. The molecule has 4 nitrogen and oxygen atoms in total. The first-order valence-corrected chi connectivity index (χ1v) is 14.5. The van der Waals surface area contributed by atoms with Crippen LogP contribution in [0.4, 0.5) is 9.52 Å². The lowest BCUT2D eigenvalue weighted by Crippen LogP contribution is -2.26. The van der Waals surface area contributed by atoms with Crippen molar-refractivity contribution in [2.45, 2.75) is 54.0 Å². The summed E-state index contributed by atoms with van der Waals surface area (Å²) in [5.74, 6) is 0.0421. The maximum absolute atomic E-state index is 13.3.